The summed E-state index contributed by atoms with van der Waals surface area (Å²) < 4.78 is 23.4. The van der Waals surface area contributed by atoms with E-state index in [2.05, 4.69) is 0 Å². The van der Waals surface area contributed by atoms with Crippen molar-refractivity contribution in [2.45, 2.75) is 0 Å². The van der Waals surface area contributed by atoms with Crippen molar-refractivity contribution in [2.24, 2.45) is 0 Å². The minimum atomic E-state index is -3.80. The second-order valence-electron chi connectivity index (χ2n) is 4.14. The van der Waals surface area contributed by atoms with Crippen LogP contribution in [0.1, 0.15) is 0 Å². The summed E-state index contributed by atoms with van der Waals surface area (Å²) in [5, 5.41) is 0.759. The number of rotatable bonds is 3. The summed E-state index contributed by atoms with van der Waals surface area (Å²) in [6.07, 6.45) is 0. The molecular weight excluding hydrogens is 263 g/mol. The van der Waals surface area contributed by atoms with Gasteiger partial charge in [0, 0.05) is 0 Å². The maximum atomic E-state index is 6.03. The predicted octanol–water partition coefficient (Wildman–Crippen LogP) is 3.29. The van der Waals surface area contributed by atoms with Crippen LogP contribution in [0.25, 0.3) is 0 Å². The van der Waals surface area contributed by atoms with Crippen molar-refractivity contribution in [3.8, 4) is 11.5 Å². The summed E-state index contributed by atoms with van der Waals surface area (Å²) in [7, 11) is -0.714. The third kappa shape index (κ3) is 1.65. The second-order valence-corrected chi connectivity index (χ2v) is 7.38. The molecule has 3 rings (SSSR count). The van der Waals surface area contributed by atoms with E-state index >= 15 is 0 Å². The van der Waals surface area contributed by atoms with E-state index in [-0.39, 0.29) is 0 Å². The van der Waals surface area contributed by atoms with Crippen molar-refractivity contribution in [2.75, 3.05) is 14.2 Å². The standard InChI is InChI=1S/C14H15O4P/c1-15-19(16-2,12-8-4-3-5-9-12)17-13-10-6-7-11-14(13)18-19/h3-11H,1-2H3. The van der Waals surface area contributed by atoms with E-state index in [1.165, 1.54) is 0 Å². The summed E-state index contributed by atoms with van der Waals surface area (Å²) in [5.74, 6) is 1.26. The van der Waals surface area contributed by atoms with E-state index in [1.54, 1.807) is 14.2 Å². The first-order chi connectivity index (χ1) is 9.22. The first-order valence-electron chi connectivity index (χ1n) is 5.92. The Labute approximate surface area is 112 Å². The molecule has 5 heteroatoms. The van der Waals surface area contributed by atoms with Gasteiger partial charge in [0.25, 0.3) is 0 Å². The summed E-state index contributed by atoms with van der Waals surface area (Å²) in [6.45, 7) is 0. The van der Waals surface area contributed by atoms with E-state index in [0.717, 1.165) is 5.30 Å². The number of benzene rings is 2. The molecule has 2 aromatic carbocycles. The molecule has 0 fully saturated rings. The molecule has 0 radical (unpaired) electrons. The van der Waals surface area contributed by atoms with Crippen molar-refractivity contribution < 1.29 is 18.1 Å². The van der Waals surface area contributed by atoms with Gasteiger partial charge in [0.05, 0.1) is 0 Å². The molecule has 2 aromatic rings. The molecule has 0 spiro atoms. The fraction of sp³-hybridized carbons (Fsp3) is 0.143. The fourth-order valence-corrected chi connectivity index (χ4v) is 4.93. The third-order valence-corrected chi connectivity index (χ3v) is 6.59. The van der Waals surface area contributed by atoms with Crippen LogP contribution in [0.3, 0.4) is 0 Å². The molecule has 0 amide bonds. The van der Waals surface area contributed by atoms with Crippen LogP contribution in [-0.4, -0.2) is 14.2 Å². The van der Waals surface area contributed by atoms with Crippen LogP contribution in [0.5, 0.6) is 11.5 Å². The molecule has 0 aromatic heterocycles. The van der Waals surface area contributed by atoms with Crippen LogP contribution in [0.2, 0.25) is 0 Å². The molecule has 1 aliphatic rings. The van der Waals surface area contributed by atoms with Crippen molar-refractivity contribution in [3.05, 3.63) is 54.6 Å². The first-order valence-corrected chi connectivity index (χ1v) is 7.82. The van der Waals surface area contributed by atoms with Crippen LogP contribution in [0.4, 0.5) is 0 Å². The molecular formula is C14H15O4P. The van der Waals surface area contributed by atoms with Crippen LogP contribution >= 0.6 is 7.51 Å². The average molecular weight is 278 g/mol. The first kappa shape index (κ1) is 12.4. The van der Waals surface area contributed by atoms with Crippen molar-refractivity contribution >= 4 is 12.8 Å². The molecule has 0 N–H and O–H groups in total. The maximum absolute atomic E-state index is 6.03. The zero-order chi connectivity index (χ0) is 13.4. The zero-order valence-electron chi connectivity index (χ0n) is 10.8. The van der Waals surface area contributed by atoms with Crippen LogP contribution in [0.15, 0.2) is 54.6 Å². The predicted molar refractivity (Wildman–Crippen MR) is 74.7 cm³/mol. The van der Waals surface area contributed by atoms with Gasteiger partial charge < -0.3 is 0 Å². The Hall–Kier alpha value is -1.61. The second kappa shape index (κ2) is 4.20. The summed E-state index contributed by atoms with van der Waals surface area (Å²) in [5.41, 5.74) is 0. The van der Waals surface area contributed by atoms with Crippen molar-refractivity contribution in [1.82, 2.24) is 0 Å². The van der Waals surface area contributed by atoms with Crippen LogP contribution in [0, 0.1) is 0 Å². The molecule has 0 unspecified atom stereocenters. The van der Waals surface area contributed by atoms with Gasteiger partial charge in [-0.05, 0) is 0 Å². The Morgan fingerprint density at radius 2 is 1.21 bits per heavy atom. The van der Waals surface area contributed by atoms with E-state index in [9.17, 15) is 0 Å². The molecule has 0 saturated carbocycles. The van der Waals surface area contributed by atoms with Crippen LogP contribution in [-0.2, 0) is 9.05 Å². The fourth-order valence-electron chi connectivity index (χ4n) is 2.17. The molecule has 0 saturated heterocycles. The molecule has 0 bridgehead atoms. The minimum absolute atomic E-state index is 0.632. The molecule has 4 nitrogen and oxygen atoms in total. The number of para-hydroxylation sites is 2. The van der Waals surface area contributed by atoms with Crippen molar-refractivity contribution in [1.29, 1.82) is 0 Å². The average Bonchev–Trinajstić information content (AvgIpc) is 2.85. The van der Waals surface area contributed by atoms with Gasteiger partial charge in [0.15, 0.2) is 0 Å². The van der Waals surface area contributed by atoms with E-state index in [1.807, 2.05) is 54.6 Å². The normalized spacial score (nSPS) is 20.4. The van der Waals surface area contributed by atoms with Crippen molar-refractivity contribution in [3.63, 3.8) is 0 Å². The van der Waals surface area contributed by atoms with Gasteiger partial charge in [-0.3, -0.25) is 0 Å². The van der Waals surface area contributed by atoms with Crippen LogP contribution < -0.4 is 14.4 Å². The number of fused-ring (bicyclic) bond motifs is 1. The van der Waals surface area contributed by atoms with E-state index in [4.69, 9.17) is 18.1 Å². The van der Waals surface area contributed by atoms with E-state index < -0.39 is 7.51 Å². The third-order valence-electron chi connectivity index (χ3n) is 3.17. The molecule has 0 atom stereocenters. The molecule has 0 aliphatic carbocycles. The van der Waals surface area contributed by atoms with Gasteiger partial charge in [-0.1, -0.05) is 0 Å². The Kier molecular flexibility index (Phi) is 2.75. The Morgan fingerprint density at radius 3 is 1.68 bits per heavy atom. The molecule has 1 heterocycles. The quantitative estimate of drug-likeness (QED) is 0.807. The summed E-state index contributed by atoms with van der Waals surface area (Å²) in [4.78, 5) is 0. The zero-order valence-corrected chi connectivity index (χ0v) is 11.7. The SMILES string of the molecule is COP1(OC)(c2ccccc2)Oc2ccccc2O1. The summed E-state index contributed by atoms with van der Waals surface area (Å²) >= 11 is 0. The molecule has 19 heavy (non-hydrogen) atoms. The Morgan fingerprint density at radius 1 is 0.737 bits per heavy atom. The van der Waals surface area contributed by atoms with Gasteiger partial charge in [0.1, 0.15) is 0 Å². The number of hydrogen-bond donors (Lipinski definition) is 0. The Bertz CT molecular complexity index is 566. The molecule has 1 aliphatic heterocycles. The summed E-state index contributed by atoms with van der Waals surface area (Å²) in [6, 6.07) is 16.9. The monoisotopic (exact) mass is 278 g/mol. The van der Waals surface area contributed by atoms with Gasteiger partial charge in [-0.25, -0.2) is 0 Å². The van der Waals surface area contributed by atoms with Gasteiger partial charge >= 0.3 is 111 Å². The number of hydrogen-bond acceptors (Lipinski definition) is 4. The van der Waals surface area contributed by atoms with E-state index in [0.29, 0.717) is 11.5 Å². The topological polar surface area (TPSA) is 36.9 Å². The molecule has 100 valence electrons. The van der Waals surface area contributed by atoms with Gasteiger partial charge in [-0.2, -0.15) is 0 Å². The van der Waals surface area contributed by atoms with Gasteiger partial charge in [-0.15, -0.1) is 0 Å². The van der Waals surface area contributed by atoms with Gasteiger partial charge in [0.2, 0.25) is 0 Å². The Balaban J connectivity index is 2.18.